The number of benzene rings is 2. The number of amides is 1. The van der Waals surface area contributed by atoms with Crippen LogP contribution in [0.2, 0.25) is 0 Å². The van der Waals surface area contributed by atoms with Crippen molar-refractivity contribution < 1.29 is 4.79 Å². The van der Waals surface area contributed by atoms with Gasteiger partial charge in [0.1, 0.15) is 5.52 Å². The number of H-pyrrole nitrogens is 1. The third-order valence-corrected chi connectivity index (χ3v) is 3.88. The SMILES string of the molecule is O=C(CCn1nnc2ccccc2c1=O)Nc1ccc2nc[nH]c2c1. The lowest BCUT2D eigenvalue weighted by molar-refractivity contribution is -0.116. The molecule has 8 nitrogen and oxygen atoms in total. The molecule has 0 bridgehead atoms. The van der Waals surface area contributed by atoms with E-state index in [1.807, 2.05) is 12.1 Å². The molecular weight excluding hydrogens is 320 g/mol. The molecule has 2 N–H and O–H groups in total. The Kier molecular flexibility index (Phi) is 3.70. The molecule has 2 heterocycles. The number of aromatic nitrogens is 5. The van der Waals surface area contributed by atoms with E-state index in [1.54, 1.807) is 36.7 Å². The van der Waals surface area contributed by atoms with Gasteiger partial charge in [-0.3, -0.25) is 9.59 Å². The molecule has 0 saturated heterocycles. The van der Waals surface area contributed by atoms with Crippen LogP contribution < -0.4 is 10.9 Å². The van der Waals surface area contributed by atoms with Gasteiger partial charge in [-0.1, -0.05) is 17.3 Å². The molecule has 0 unspecified atom stereocenters. The quantitative estimate of drug-likeness (QED) is 0.591. The average molecular weight is 334 g/mol. The summed E-state index contributed by atoms with van der Waals surface area (Å²) in [6.45, 7) is 0.162. The lowest BCUT2D eigenvalue weighted by Gasteiger charge is -2.06. The van der Waals surface area contributed by atoms with Gasteiger partial charge in [0.25, 0.3) is 5.56 Å². The average Bonchev–Trinajstić information content (AvgIpc) is 3.09. The topological polar surface area (TPSA) is 106 Å². The summed E-state index contributed by atoms with van der Waals surface area (Å²) in [7, 11) is 0. The van der Waals surface area contributed by atoms with E-state index >= 15 is 0 Å². The summed E-state index contributed by atoms with van der Waals surface area (Å²) in [5, 5.41) is 11.2. The van der Waals surface area contributed by atoms with E-state index < -0.39 is 0 Å². The molecule has 0 aliphatic heterocycles. The van der Waals surface area contributed by atoms with Crippen LogP contribution in [0.4, 0.5) is 5.69 Å². The molecule has 8 heteroatoms. The van der Waals surface area contributed by atoms with Crippen LogP contribution in [-0.2, 0) is 11.3 Å². The fourth-order valence-corrected chi connectivity index (χ4v) is 2.61. The second-order valence-electron chi connectivity index (χ2n) is 5.57. The fraction of sp³-hybridized carbons (Fsp3) is 0.118. The number of nitrogens with one attached hydrogen (secondary N) is 2. The molecule has 2 aromatic carbocycles. The number of aryl methyl sites for hydroxylation is 1. The van der Waals surface area contributed by atoms with Crippen molar-refractivity contribution in [2.75, 3.05) is 5.32 Å². The predicted molar refractivity (Wildman–Crippen MR) is 93.1 cm³/mol. The summed E-state index contributed by atoms with van der Waals surface area (Å²) >= 11 is 0. The lowest BCUT2D eigenvalue weighted by atomic mass is 10.2. The van der Waals surface area contributed by atoms with Gasteiger partial charge >= 0.3 is 0 Å². The summed E-state index contributed by atoms with van der Waals surface area (Å²) in [4.78, 5) is 31.6. The number of imidazole rings is 1. The first-order valence-electron chi connectivity index (χ1n) is 7.76. The number of nitrogens with zero attached hydrogens (tertiary/aromatic N) is 4. The molecule has 0 saturated carbocycles. The van der Waals surface area contributed by atoms with E-state index in [0.717, 1.165) is 11.0 Å². The fourth-order valence-electron chi connectivity index (χ4n) is 2.61. The maximum Gasteiger partial charge on any atom is 0.277 e. The molecule has 2 aromatic heterocycles. The number of carbonyl (C=O) groups excluding carboxylic acids is 1. The van der Waals surface area contributed by atoms with E-state index in [4.69, 9.17) is 0 Å². The van der Waals surface area contributed by atoms with E-state index in [2.05, 4.69) is 25.6 Å². The largest absolute Gasteiger partial charge is 0.345 e. The van der Waals surface area contributed by atoms with Crippen molar-refractivity contribution in [2.24, 2.45) is 0 Å². The Hall–Kier alpha value is -3.55. The minimum absolute atomic E-state index is 0.119. The van der Waals surface area contributed by atoms with Crippen LogP contribution in [0.25, 0.3) is 21.9 Å². The van der Waals surface area contributed by atoms with Crippen LogP contribution in [0.3, 0.4) is 0 Å². The Morgan fingerprint density at radius 2 is 2.04 bits per heavy atom. The van der Waals surface area contributed by atoms with Crippen molar-refractivity contribution in [1.82, 2.24) is 25.0 Å². The highest BCUT2D eigenvalue weighted by atomic mass is 16.2. The van der Waals surface area contributed by atoms with Crippen LogP contribution >= 0.6 is 0 Å². The number of aromatic amines is 1. The molecule has 0 aliphatic carbocycles. The molecule has 0 spiro atoms. The van der Waals surface area contributed by atoms with E-state index in [-0.39, 0.29) is 24.4 Å². The Bertz CT molecular complexity index is 1130. The number of anilines is 1. The minimum Gasteiger partial charge on any atom is -0.345 e. The lowest BCUT2D eigenvalue weighted by Crippen LogP contribution is -2.26. The van der Waals surface area contributed by atoms with Gasteiger partial charge in [0, 0.05) is 12.1 Å². The van der Waals surface area contributed by atoms with Gasteiger partial charge in [-0.25, -0.2) is 9.67 Å². The number of rotatable bonds is 4. The van der Waals surface area contributed by atoms with Gasteiger partial charge in [-0.2, -0.15) is 0 Å². The number of hydrogen-bond donors (Lipinski definition) is 2. The highest BCUT2D eigenvalue weighted by molar-refractivity contribution is 5.92. The Morgan fingerprint density at radius 1 is 1.16 bits per heavy atom. The molecule has 0 aliphatic rings. The molecular formula is C17H14N6O2. The normalized spacial score (nSPS) is 11.0. The van der Waals surface area contributed by atoms with Crippen LogP contribution in [-0.4, -0.2) is 30.9 Å². The van der Waals surface area contributed by atoms with Gasteiger partial charge in [0.2, 0.25) is 5.91 Å². The zero-order chi connectivity index (χ0) is 17.2. The number of carbonyl (C=O) groups is 1. The molecule has 0 atom stereocenters. The molecule has 4 aromatic rings. The van der Waals surface area contributed by atoms with Crippen molar-refractivity contribution in [3.05, 3.63) is 59.1 Å². The van der Waals surface area contributed by atoms with Crippen molar-refractivity contribution in [2.45, 2.75) is 13.0 Å². The maximum atomic E-state index is 12.3. The van der Waals surface area contributed by atoms with Crippen molar-refractivity contribution in [3.63, 3.8) is 0 Å². The molecule has 1 amide bonds. The summed E-state index contributed by atoms with van der Waals surface area (Å²) in [6.07, 6.45) is 1.72. The summed E-state index contributed by atoms with van der Waals surface area (Å²) in [6, 6.07) is 12.4. The maximum absolute atomic E-state index is 12.3. The first-order valence-corrected chi connectivity index (χ1v) is 7.76. The smallest absolute Gasteiger partial charge is 0.277 e. The minimum atomic E-state index is -0.253. The third-order valence-electron chi connectivity index (χ3n) is 3.88. The van der Waals surface area contributed by atoms with Crippen molar-refractivity contribution in [3.8, 4) is 0 Å². The molecule has 0 radical (unpaired) electrons. The Balaban J connectivity index is 1.46. The van der Waals surface area contributed by atoms with Gasteiger partial charge in [0.15, 0.2) is 0 Å². The Labute approximate surface area is 141 Å². The molecule has 124 valence electrons. The third kappa shape index (κ3) is 2.97. The van der Waals surface area contributed by atoms with Crippen molar-refractivity contribution >= 4 is 33.5 Å². The first kappa shape index (κ1) is 15.0. The monoisotopic (exact) mass is 334 g/mol. The zero-order valence-corrected chi connectivity index (χ0v) is 13.1. The molecule has 0 fully saturated rings. The zero-order valence-electron chi connectivity index (χ0n) is 13.1. The second kappa shape index (κ2) is 6.16. The highest BCUT2D eigenvalue weighted by Crippen LogP contribution is 2.15. The predicted octanol–water partition coefficient (Wildman–Crippen LogP) is 1.70. The van der Waals surface area contributed by atoms with E-state index in [0.29, 0.717) is 16.6 Å². The van der Waals surface area contributed by atoms with Gasteiger partial charge in [0.05, 0.1) is 29.3 Å². The first-order chi connectivity index (χ1) is 12.2. The van der Waals surface area contributed by atoms with Crippen LogP contribution in [0.15, 0.2) is 53.6 Å². The highest BCUT2D eigenvalue weighted by Gasteiger charge is 2.08. The van der Waals surface area contributed by atoms with Crippen LogP contribution in [0, 0.1) is 0 Å². The van der Waals surface area contributed by atoms with Crippen molar-refractivity contribution in [1.29, 1.82) is 0 Å². The number of fused-ring (bicyclic) bond motifs is 2. The number of hydrogen-bond acceptors (Lipinski definition) is 5. The Morgan fingerprint density at radius 3 is 2.96 bits per heavy atom. The summed E-state index contributed by atoms with van der Waals surface area (Å²) < 4.78 is 1.21. The van der Waals surface area contributed by atoms with Crippen LogP contribution in [0.1, 0.15) is 6.42 Å². The second-order valence-corrected chi connectivity index (χ2v) is 5.57. The molecule has 4 rings (SSSR count). The molecule has 25 heavy (non-hydrogen) atoms. The van der Waals surface area contributed by atoms with Crippen LogP contribution in [0.5, 0.6) is 0 Å². The van der Waals surface area contributed by atoms with E-state index in [1.165, 1.54) is 4.68 Å². The standard InChI is InChI=1S/C17H14N6O2/c24-16(20-11-5-6-14-15(9-11)19-10-18-14)7-8-23-17(25)12-3-1-2-4-13(12)21-22-23/h1-6,9-10H,7-8H2,(H,18,19)(H,20,24). The van der Waals surface area contributed by atoms with Gasteiger partial charge in [-0.05, 0) is 30.3 Å². The van der Waals surface area contributed by atoms with Gasteiger partial charge < -0.3 is 10.3 Å². The summed E-state index contributed by atoms with van der Waals surface area (Å²) in [5.74, 6) is -0.208. The van der Waals surface area contributed by atoms with E-state index in [9.17, 15) is 9.59 Å². The van der Waals surface area contributed by atoms with Gasteiger partial charge in [-0.15, -0.1) is 5.10 Å². The summed E-state index contributed by atoms with van der Waals surface area (Å²) in [5.41, 5.74) is 2.63.